The van der Waals surface area contributed by atoms with Gasteiger partial charge in [0.25, 0.3) is 0 Å². The number of rotatable bonds is 7. The molecule has 2 aromatic carbocycles. The van der Waals surface area contributed by atoms with Crippen molar-refractivity contribution in [3.63, 3.8) is 0 Å². The number of benzene rings is 2. The summed E-state index contributed by atoms with van der Waals surface area (Å²) in [6.07, 6.45) is 2.58. The van der Waals surface area contributed by atoms with Crippen LogP contribution in [0.15, 0.2) is 47.4 Å². The number of hydrogen-bond acceptors (Lipinski definition) is 4. The number of hydrogen-bond donors (Lipinski definition) is 1. The zero-order valence-corrected chi connectivity index (χ0v) is 19.4. The fourth-order valence-electron chi connectivity index (χ4n) is 4.57. The molecule has 0 aromatic heterocycles. The first-order valence-corrected chi connectivity index (χ1v) is 12.3. The molecule has 2 heterocycles. The third-order valence-electron chi connectivity index (χ3n) is 6.65. The Morgan fingerprint density at radius 2 is 1.94 bits per heavy atom. The molecule has 0 amide bonds. The zero-order valence-electron chi connectivity index (χ0n) is 17.8. The maximum absolute atomic E-state index is 13.1. The molecule has 2 fully saturated rings. The van der Waals surface area contributed by atoms with Crippen LogP contribution in [0.5, 0.6) is 5.75 Å². The molecule has 8 heteroatoms. The van der Waals surface area contributed by atoms with E-state index in [2.05, 4.69) is 25.5 Å². The second kappa shape index (κ2) is 8.03. The summed E-state index contributed by atoms with van der Waals surface area (Å²) < 4.78 is 53.8. The van der Waals surface area contributed by atoms with Gasteiger partial charge in [-0.15, -0.1) is 0 Å². The Morgan fingerprint density at radius 3 is 2.58 bits per heavy atom. The molecule has 0 aliphatic carbocycles. The van der Waals surface area contributed by atoms with Crippen LogP contribution in [0.1, 0.15) is 45.6 Å². The largest absolute Gasteiger partial charge is 0.487 e. The molecule has 2 saturated heterocycles. The van der Waals surface area contributed by atoms with Gasteiger partial charge in [0.05, 0.1) is 10.5 Å². The normalized spacial score (nSPS) is 27.7. The summed E-state index contributed by atoms with van der Waals surface area (Å²) in [7, 11) is -3.83. The minimum absolute atomic E-state index is 0.0173. The molecule has 0 radical (unpaired) electrons. The van der Waals surface area contributed by atoms with Gasteiger partial charge in [0, 0.05) is 23.6 Å². The van der Waals surface area contributed by atoms with Crippen molar-refractivity contribution in [2.24, 2.45) is 5.92 Å². The molecular weight excluding hydrogens is 441 g/mol. The molecule has 0 spiro atoms. The SMILES string of the molecule is CC(C)[C@]12CC[C@@](C)(O1)[C@H](Oc1cccc(Cl)c1CNS(=O)(=O)c1ccc(F)cc1)C2. The van der Waals surface area contributed by atoms with Crippen molar-refractivity contribution in [1.82, 2.24) is 4.72 Å². The monoisotopic (exact) mass is 467 g/mol. The first kappa shape index (κ1) is 22.5. The van der Waals surface area contributed by atoms with Gasteiger partial charge in [-0.1, -0.05) is 31.5 Å². The minimum atomic E-state index is -3.83. The summed E-state index contributed by atoms with van der Waals surface area (Å²) in [6, 6.07) is 9.94. The maximum atomic E-state index is 13.1. The van der Waals surface area contributed by atoms with Crippen LogP contribution in [0.2, 0.25) is 5.02 Å². The summed E-state index contributed by atoms with van der Waals surface area (Å²) in [5.74, 6) is 0.418. The van der Waals surface area contributed by atoms with E-state index in [-0.39, 0.29) is 28.7 Å². The van der Waals surface area contributed by atoms with E-state index in [9.17, 15) is 12.8 Å². The predicted octanol–water partition coefficient (Wildman–Crippen LogP) is 5.07. The summed E-state index contributed by atoms with van der Waals surface area (Å²) in [5.41, 5.74) is -0.000360. The third kappa shape index (κ3) is 4.21. The van der Waals surface area contributed by atoms with Crippen molar-refractivity contribution < 1.29 is 22.3 Å². The van der Waals surface area contributed by atoms with Crippen molar-refractivity contribution >= 4 is 21.6 Å². The third-order valence-corrected chi connectivity index (χ3v) is 8.42. The lowest BCUT2D eigenvalue weighted by Crippen LogP contribution is -2.40. The average molecular weight is 468 g/mol. The molecular formula is C23H27ClFNO4S. The molecule has 2 aliphatic heterocycles. The van der Waals surface area contributed by atoms with Crippen LogP contribution >= 0.6 is 11.6 Å². The quantitative estimate of drug-likeness (QED) is 0.617. The number of nitrogens with one attached hydrogen (secondary N) is 1. The Hall–Kier alpha value is -1.67. The van der Waals surface area contributed by atoms with Gasteiger partial charge < -0.3 is 9.47 Å². The first-order chi connectivity index (χ1) is 14.5. The van der Waals surface area contributed by atoms with Crippen LogP contribution in [0, 0.1) is 11.7 Å². The lowest BCUT2D eigenvalue weighted by atomic mass is 9.75. The van der Waals surface area contributed by atoms with Gasteiger partial charge in [-0.25, -0.2) is 17.5 Å². The van der Waals surface area contributed by atoms with Crippen LogP contribution in [0.25, 0.3) is 0 Å². The lowest BCUT2D eigenvalue weighted by Gasteiger charge is -2.32. The van der Waals surface area contributed by atoms with Crippen molar-refractivity contribution in [3.05, 3.63) is 58.9 Å². The van der Waals surface area contributed by atoms with Crippen LogP contribution in [0.3, 0.4) is 0 Å². The Kier molecular flexibility index (Phi) is 5.83. The van der Waals surface area contributed by atoms with Gasteiger partial charge in [0.2, 0.25) is 10.0 Å². The number of halogens is 2. The van der Waals surface area contributed by atoms with Crippen LogP contribution in [-0.2, 0) is 21.3 Å². The van der Waals surface area contributed by atoms with E-state index in [1.807, 2.05) is 0 Å². The highest BCUT2D eigenvalue weighted by Crippen LogP contribution is 2.55. The maximum Gasteiger partial charge on any atom is 0.240 e. The molecule has 5 nitrogen and oxygen atoms in total. The van der Waals surface area contributed by atoms with E-state index in [0.717, 1.165) is 31.4 Å². The van der Waals surface area contributed by atoms with E-state index in [1.165, 1.54) is 12.1 Å². The van der Waals surface area contributed by atoms with Crippen molar-refractivity contribution in [3.8, 4) is 5.75 Å². The molecule has 0 saturated carbocycles. The van der Waals surface area contributed by atoms with Gasteiger partial charge in [-0.3, -0.25) is 0 Å². The highest BCUT2D eigenvalue weighted by Gasteiger charge is 2.61. The molecule has 31 heavy (non-hydrogen) atoms. The van der Waals surface area contributed by atoms with Gasteiger partial charge in [-0.05, 0) is 62.1 Å². The van der Waals surface area contributed by atoms with E-state index in [0.29, 0.717) is 22.3 Å². The Bertz CT molecular complexity index is 1080. The van der Waals surface area contributed by atoms with E-state index < -0.39 is 15.8 Å². The number of fused-ring (bicyclic) bond motifs is 2. The topological polar surface area (TPSA) is 64.6 Å². The van der Waals surface area contributed by atoms with Crippen LogP contribution < -0.4 is 9.46 Å². The van der Waals surface area contributed by atoms with E-state index in [1.54, 1.807) is 18.2 Å². The highest BCUT2D eigenvalue weighted by atomic mass is 35.5. The van der Waals surface area contributed by atoms with Gasteiger partial charge in [-0.2, -0.15) is 0 Å². The van der Waals surface area contributed by atoms with Gasteiger partial charge >= 0.3 is 0 Å². The predicted molar refractivity (Wildman–Crippen MR) is 117 cm³/mol. The molecule has 0 unspecified atom stereocenters. The lowest BCUT2D eigenvalue weighted by molar-refractivity contribution is -0.0770. The van der Waals surface area contributed by atoms with Crippen molar-refractivity contribution in [1.29, 1.82) is 0 Å². The number of ether oxygens (including phenoxy) is 2. The first-order valence-electron chi connectivity index (χ1n) is 10.4. The second-order valence-electron chi connectivity index (χ2n) is 8.94. The van der Waals surface area contributed by atoms with Crippen LogP contribution in [-0.4, -0.2) is 25.7 Å². The summed E-state index contributed by atoms with van der Waals surface area (Å²) in [4.78, 5) is -0.0173. The molecule has 1 N–H and O–H groups in total. The standard InChI is InChI=1S/C23H27ClFNO4S/c1-15(2)23-12-11-22(3,30-23)21(13-23)29-20-6-4-5-19(24)18(20)14-26-31(27,28)17-9-7-16(25)8-10-17/h4-10,15,21,26H,11-14H2,1-3H3/t21-,22-,23-/m1/s1. The Morgan fingerprint density at radius 1 is 1.23 bits per heavy atom. The molecule has 168 valence electrons. The molecule has 2 bridgehead atoms. The molecule has 4 rings (SSSR count). The minimum Gasteiger partial charge on any atom is -0.487 e. The van der Waals surface area contributed by atoms with E-state index >= 15 is 0 Å². The van der Waals surface area contributed by atoms with Crippen molar-refractivity contribution in [2.75, 3.05) is 0 Å². The zero-order chi connectivity index (χ0) is 22.4. The second-order valence-corrected chi connectivity index (χ2v) is 11.1. The fourth-order valence-corrected chi connectivity index (χ4v) is 5.80. The summed E-state index contributed by atoms with van der Waals surface area (Å²) in [6.45, 7) is 6.37. The van der Waals surface area contributed by atoms with Crippen LogP contribution in [0.4, 0.5) is 4.39 Å². The van der Waals surface area contributed by atoms with Gasteiger partial charge in [0.1, 0.15) is 23.3 Å². The summed E-state index contributed by atoms with van der Waals surface area (Å²) in [5, 5.41) is 0.409. The Balaban J connectivity index is 1.54. The van der Waals surface area contributed by atoms with Crippen molar-refractivity contribution in [2.45, 2.75) is 68.8 Å². The molecule has 3 atom stereocenters. The number of sulfonamides is 1. The van der Waals surface area contributed by atoms with E-state index in [4.69, 9.17) is 21.1 Å². The Labute approximate surface area is 187 Å². The summed E-state index contributed by atoms with van der Waals surface area (Å²) >= 11 is 6.41. The van der Waals surface area contributed by atoms with Gasteiger partial charge in [0.15, 0.2) is 0 Å². The molecule has 2 aliphatic rings. The smallest absolute Gasteiger partial charge is 0.240 e. The fraction of sp³-hybridized carbons (Fsp3) is 0.478. The highest BCUT2D eigenvalue weighted by molar-refractivity contribution is 7.89. The average Bonchev–Trinajstić information content (AvgIpc) is 3.20. The molecule has 2 aromatic rings.